The molecule has 0 aromatic heterocycles. The molecule has 0 bridgehead atoms. The van der Waals surface area contributed by atoms with Crippen molar-refractivity contribution >= 4 is 0 Å². The predicted octanol–water partition coefficient (Wildman–Crippen LogP) is 9.32. The van der Waals surface area contributed by atoms with Gasteiger partial charge in [0.1, 0.15) is 11.3 Å². The Bertz CT molecular complexity index is 945. The molecule has 2 aliphatic rings. The lowest BCUT2D eigenvalue weighted by atomic mass is 9.80. The van der Waals surface area contributed by atoms with E-state index >= 15 is 8.78 Å². The van der Waals surface area contributed by atoms with E-state index in [-0.39, 0.29) is 0 Å². The summed E-state index contributed by atoms with van der Waals surface area (Å²) in [6, 6.07) is 18.7. The Morgan fingerprint density at radius 2 is 1.38 bits per heavy atom. The summed E-state index contributed by atoms with van der Waals surface area (Å²) in [5.74, 6) is 0. The number of nitrogens with zero attached hydrogens (tertiary/aromatic N) is 2. The first-order valence-corrected chi connectivity index (χ1v) is 14.5. The number of alkyl halides is 2. The normalized spacial score (nSPS) is 18.7. The van der Waals surface area contributed by atoms with Crippen molar-refractivity contribution in [3.63, 3.8) is 0 Å². The minimum absolute atomic E-state index is 0.402. The molecule has 2 aromatic carbocycles. The molecule has 0 heterocycles. The first kappa shape index (κ1) is 29.3. The SMILES string of the molecule is CC#N.CCCN(Cc1ccccc1)C(CC)CCc1c(C2(F)CCCC2)cccc1C1(F)CCCC1. The second-order valence-corrected chi connectivity index (χ2v) is 11.0. The Morgan fingerprint density at radius 3 is 1.84 bits per heavy atom. The highest BCUT2D eigenvalue weighted by Gasteiger charge is 2.42. The van der Waals surface area contributed by atoms with Crippen LogP contribution in [0, 0.1) is 11.3 Å². The molecule has 2 aliphatic carbocycles. The summed E-state index contributed by atoms with van der Waals surface area (Å²) in [6.45, 7) is 7.90. The van der Waals surface area contributed by atoms with Crippen LogP contribution in [-0.2, 0) is 24.3 Å². The summed E-state index contributed by atoms with van der Waals surface area (Å²) in [6.07, 6.45) is 9.89. The minimum Gasteiger partial charge on any atom is -0.296 e. The third kappa shape index (κ3) is 7.41. The van der Waals surface area contributed by atoms with Crippen molar-refractivity contribution in [1.29, 1.82) is 5.26 Å². The van der Waals surface area contributed by atoms with Crippen LogP contribution in [0.3, 0.4) is 0 Å². The molecule has 4 heteroatoms. The highest BCUT2D eigenvalue weighted by atomic mass is 19.1. The zero-order chi connectivity index (χ0) is 26.7. The van der Waals surface area contributed by atoms with Crippen molar-refractivity contribution in [2.24, 2.45) is 0 Å². The van der Waals surface area contributed by atoms with Crippen molar-refractivity contribution < 1.29 is 8.78 Å². The molecule has 1 unspecified atom stereocenters. The van der Waals surface area contributed by atoms with Gasteiger partial charge in [-0.25, -0.2) is 8.78 Å². The lowest BCUT2D eigenvalue weighted by Gasteiger charge is -2.33. The van der Waals surface area contributed by atoms with Crippen molar-refractivity contribution in [3.8, 4) is 6.07 Å². The van der Waals surface area contributed by atoms with Crippen LogP contribution in [-0.4, -0.2) is 17.5 Å². The zero-order valence-corrected chi connectivity index (χ0v) is 23.2. The summed E-state index contributed by atoms with van der Waals surface area (Å²) in [7, 11) is 0. The van der Waals surface area contributed by atoms with Gasteiger partial charge in [0.15, 0.2) is 0 Å². The van der Waals surface area contributed by atoms with Gasteiger partial charge in [-0.2, -0.15) is 5.26 Å². The molecule has 37 heavy (non-hydrogen) atoms. The molecule has 2 saturated carbocycles. The zero-order valence-electron chi connectivity index (χ0n) is 23.2. The number of benzene rings is 2. The maximum absolute atomic E-state index is 16.1. The van der Waals surface area contributed by atoms with Gasteiger partial charge in [0.05, 0.1) is 6.07 Å². The van der Waals surface area contributed by atoms with E-state index in [4.69, 9.17) is 5.26 Å². The van der Waals surface area contributed by atoms with E-state index in [0.717, 1.165) is 81.1 Å². The van der Waals surface area contributed by atoms with E-state index in [1.165, 1.54) is 12.5 Å². The Hall–Kier alpha value is -2.25. The third-order valence-corrected chi connectivity index (χ3v) is 8.39. The lowest BCUT2D eigenvalue weighted by molar-refractivity contribution is 0.157. The molecule has 0 spiro atoms. The second-order valence-electron chi connectivity index (χ2n) is 11.0. The Labute approximate surface area is 224 Å². The fraction of sp³-hybridized carbons (Fsp3) is 0.606. The predicted molar refractivity (Wildman–Crippen MR) is 150 cm³/mol. The van der Waals surface area contributed by atoms with E-state index in [1.54, 1.807) is 6.07 Å². The van der Waals surface area contributed by atoms with Crippen LogP contribution in [0.5, 0.6) is 0 Å². The highest BCUT2D eigenvalue weighted by molar-refractivity contribution is 5.43. The van der Waals surface area contributed by atoms with Gasteiger partial charge in [-0.15, -0.1) is 0 Å². The van der Waals surface area contributed by atoms with Crippen LogP contribution in [0.15, 0.2) is 48.5 Å². The first-order valence-electron chi connectivity index (χ1n) is 14.5. The lowest BCUT2D eigenvalue weighted by Crippen LogP contribution is -2.36. The van der Waals surface area contributed by atoms with Crippen molar-refractivity contribution in [1.82, 2.24) is 4.90 Å². The molecule has 2 fully saturated rings. The molecule has 2 nitrogen and oxygen atoms in total. The summed E-state index contributed by atoms with van der Waals surface area (Å²) in [5, 5.41) is 7.32. The number of nitriles is 1. The third-order valence-electron chi connectivity index (χ3n) is 8.39. The Balaban J connectivity index is 0.00000121. The van der Waals surface area contributed by atoms with E-state index in [9.17, 15) is 0 Å². The van der Waals surface area contributed by atoms with E-state index in [2.05, 4.69) is 49.1 Å². The number of rotatable bonds is 11. The molecule has 202 valence electrons. The van der Waals surface area contributed by atoms with Gasteiger partial charge in [-0.05, 0) is 106 Å². The molecule has 4 rings (SSSR count). The highest BCUT2D eigenvalue weighted by Crippen LogP contribution is 2.49. The Kier molecular flexibility index (Phi) is 11.1. The standard InChI is InChI=1S/C31H43F2N.C2H3N/c1-3-23-34(24-25-13-6-5-7-14-25)26(4-2)17-18-27-28(30(32)19-8-9-20-30)15-12-16-29(27)31(33)21-10-11-22-31;1-2-3/h5-7,12-16,26H,3-4,8-11,17-24H2,1-2H3;1H3. The quantitative estimate of drug-likeness (QED) is 0.302. The minimum atomic E-state index is -1.28. The van der Waals surface area contributed by atoms with Gasteiger partial charge in [-0.3, -0.25) is 4.90 Å². The fourth-order valence-corrected chi connectivity index (χ4v) is 6.56. The van der Waals surface area contributed by atoms with Gasteiger partial charge in [0.2, 0.25) is 0 Å². The van der Waals surface area contributed by atoms with E-state index < -0.39 is 11.3 Å². The number of halogens is 2. The first-order chi connectivity index (χ1) is 17.9. The molecule has 0 aliphatic heterocycles. The van der Waals surface area contributed by atoms with E-state index in [0.29, 0.717) is 31.7 Å². The smallest absolute Gasteiger partial charge is 0.136 e. The van der Waals surface area contributed by atoms with Gasteiger partial charge in [0, 0.05) is 19.5 Å². The van der Waals surface area contributed by atoms with Crippen LogP contribution >= 0.6 is 0 Å². The van der Waals surface area contributed by atoms with Crippen molar-refractivity contribution in [2.75, 3.05) is 6.54 Å². The topological polar surface area (TPSA) is 27.0 Å². The summed E-state index contributed by atoms with van der Waals surface area (Å²) in [5.41, 5.74) is 1.35. The fourth-order valence-electron chi connectivity index (χ4n) is 6.56. The average Bonchev–Trinajstić information content (AvgIpc) is 3.55. The van der Waals surface area contributed by atoms with Gasteiger partial charge in [-0.1, -0.05) is 62.4 Å². The number of hydrogen-bond acceptors (Lipinski definition) is 2. The average molecular weight is 509 g/mol. The summed E-state index contributed by atoms with van der Waals surface area (Å²) in [4.78, 5) is 2.58. The molecule has 0 saturated heterocycles. The molecule has 2 aromatic rings. The van der Waals surface area contributed by atoms with Crippen LogP contribution in [0.1, 0.15) is 114 Å². The second kappa shape index (κ2) is 14.1. The van der Waals surface area contributed by atoms with Crippen LogP contribution in [0.25, 0.3) is 0 Å². The van der Waals surface area contributed by atoms with Gasteiger partial charge >= 0.3 is 0 Å². The molecule has 1 atom stereocenters. The number of hydrogen-bond donors (Lipinski definition) is 0. The summed E-state index contributed by atoms with van der Waals surface area (Å²) < 4.78 is 32.3. The van der Waals surface area contributed by atoms with Crippen molar-refractivity contribution in [3.05, 3.63) is 70.8 Å². The van der Waals surface area contributed by atoms with Gasteiger partial charge < -0.3 is 0 Å². The van der Waals surface area contributed by atoms with Crippen LogP contribution < -0.4 is 0 Å². The van der Waals surface area contributed by atoms with Crippen molar-refractivity contribution in [2.45, 2.75) is 122 Å². The molecule has 0 N–H and O–H groups in total. The van der Waals surface area contributed by atoms with Crippen LogP contribution in [0.4, 0.5) is 8.78 Å². The maximum atomic E-state index is 16.1. The molecular formula is C33H46F2N2. The van der Waals surface area contributed by atoms with Gasteiger partial charge in [0.25, 0.3) is 0 Å². The van der Waals surface area contributed by atoms with E-state index in [1.807, 2.05) is 18.2 Å². The maximum Gasteiger partial charge on any atom is 0.136 e. The molecule has 0 radical (unpaired) electrons. The monoisotopic (exact) mass is 508 g/mol. The van der Waals surface area contributed by atoms with Crippen LogP contribution in [0.2, 0.25) is 0 Å². The molecular weight excluding hydrogens is 462 g/mol. The largest absolute Gasteiger partial charge is 0.296 e. The summed E-state index contributed by atoms with van der Waals surface area (Å²) >= 11 is 0. The molecule has 0 amide bonds. The Morgan fingerprint density at radius 1 is 0.865 bits per heavy atom.